The molecule has 3 heterocycles. The van der Waals surface area contributed by atoms with Gasteiger partial charge in [0.15, 0.2) is 0 Å². The molecule has 1 aromatic rings. The molecule has 0 aliphatic carbocycles. The van der Waals surface area contributed by atoms with Gasteiger partial charge in [0, 0.05) is 55.6 Å². The number of carbonyl (C=O) groups excluding carboxylic acids is 2. The van der Waals surface area contributed by atoms with Crippen molar-refractivity contribution < 1.29 is 9.59 Å². The van der Waals surface area contributed by atoms with Crippen molar-refractivity contribution >= 4 is 40.9 Å². The molecule has 2 amide bonds. The molecule has 8 heteroatoms. The van der Waals surface area contributed by atoms with E-state index >= 15 is 0 Å². The number of halogens is 1. The maximum atomic E-state index is 12.7. The fraction of sp³-hybridized carbons (Fsp3) is 0.600. The Balaban J connectivity index is 1.22. The molecule has 1 unspecified atom stereocenters. The predicted molar refractivity (Wildman–Crippen MR) is 114 cm³/mol. The number of hydrogen-bond acceptors (Lipinski definition) is 5. The first-order chi connectivity index (χ1) is 13.6. The summed E-state index contributed by atoms with van der Waals surface area (Å²) in [6.07, 6.45) is 1.31. The van der Waals surface area contributed by atoms with Crippen LogP contribution >= 0.6 is 23.4 Å². The summed E-state index contributed by atoms with van der Waals surface area (Å²) < 4.78 is 0. The van der Waals surface area contributed by atoms with Crippen LogP contribution in [0.25, 0.3) is 0 Å². The number of anilines is 1. The molecule has 1 N–H and O–H groups in total. The van der Waals surface area contributed by atoms with E-state index in [1.807, 2.05) is 34.1 Å². The summed E-state index contributed by atoms with van der Waals surface area (Å²) in [5.41, 5.74) is 1.15. The smallest absolute Gasteiger partial charge is 0.240 e. The molecule has 0 saturated carbocycles. The van der Waals surface area contributed by atoms with Gasteiger partial charge in [-0.05, 0) is 43.1 Å². The minimum atomic E-state index is -0.113. The molecule has 0 radical (unpaired) electrons. The van der Waals surface area contributed by atoms with Crippen LogP contribution in [-0.4, -0.2) is 78.6 Å². The minimum absolute atomic E-state index is 0.113. The van der Waals surface area contributed by atoms with Crippen molar-refractivity contribution in [3.8, 4) is 0 Å². The Labute approximate surface area is 175 Å². The Bertz CT molecular complexity index is 703. The summed E-state index contributed by atoms with van der Waals surface area (Å²) in [5.74, 6) is 2.51. The van der Waals surface area contributed by atoms with Crippen molar-refractivity contribution in [1.29, 1.82) is 0 Å². The van der Waals surface area contributed by atoms with Crippen LogP contribution in [0, 0.1) is 5.92 Å². The fourth-order valence-corrected chi connectivity index (χ4v) is 5.28. The van der Waals surface area contributed by atoms with Crippen molar-refractivity contribution in [2.75, 3.05) is 55.8 Å². The van der Waals surface area contributed by atoms with E-state index in [2.05, 4.69) is 10.2 Å². The van der Waals surface area contributed by atoms with E-state index in [1.165, 1.54) is 0 Å². The highest BCUT2D eigenvalue weighted by molar-refractivity contribution is 7.99. The molecular weight excluding hydrogens is 396 g/mol. The predicted octanol–water partition coefficient (Wildman–Crippen LogP) is 1.89. The average molecular weight is 423 g/mol. The van der Waals surface area contributed by atoms with Gasteiger partial charge < -0.3 is 20.0 Å². The second-order valence-electron chi connectivity index (χ2n) is 7.75. The molecule has 3 fully saturated rings. The van der Waals surface area contributed by atoms with Gasteiger partial charge in [-0.2, -0.15) is 0 Å². The van der Waals surface area contributed by atoms with Crippen LogP contribution < -0.4 is 10.2 Å². The Morgan fingerprint density at radius 2 is 1.82 bits per heavy atom. The number of thioether (sulfide) groups is 1. The molecule has 3 saturated heterocycles. The molecule has 6 nitrogen and oxygen atoms in total. The minimum Gasteiger partial charge on any atom is -0.368 e. The highest BCUT2D eigenvalue weighted by atomic mass is 35.5. The molecule has 0 aromatic heterocycles. The summed E-state index contributed by atoms with van der Waals surface area (Å²) in [5, 5.41) is 4.07. The first kappa shape index (κ1) is 19.9. The molecule has 4 rings (SSSR count). The number of hydrogen-bond donors (Lipinski definition) is 1. The van der Waals surface area contributed by atoms with Gasteiger partial charge in [-0.3, -0.25) is 9.59 Å². The quantitative estimate of drug-likeness (QED) is 0.803. The zero-order valence-corrected chi connectivity index (χ0v) is 17.6. The molecule has 0 spiro atoms. The van der Waals surface area contributed by atoms with Gasteiger partial charge in [0.2, 0.25) is 11.8 Å². The monoisotopic (exact) mass is 422 g/mol. The zero-order valence-electron chi connectivity index (χ0n) is 16.0. The van der Waals surface area contributed by atoms with Gasteiger partial charge in [0.1, 0.15) is 0 Å². The molecular formula is C20H27ClN4O2S. The van der Waals surface area contributed by atoms with Gasteiger partial charge in [0.05, 0.1) is 11.9 Å². The van der Waals surface area contributed by atoms with Crippen molar-refractivity contribution in [3.63, 3.8) is 0 Å². The SMILES string of the molecule is O=C(CC1CN[C@H](C(=O)N2CCSC2)C1)N1CCN(c2ccc(Cl)cc2)CC1. The highest BCUT2D eigenvalue weighted by Gasteiger charge is 2.35. The largest absolute Gasteiger partial charge is 0.368 e. The van der Waals surface area contributed by atoms with E-state index in [0.29, 0.717) is 6.42 Å². The van der Waals surface area contributed by atoms with Crippen LogP contribution in [0.2, 0.25) is 5.02 Å². The van der Waals surface area contributed by atoms with Crippen molar-refractivity contribution in [2.45, 2.75) is 18.9 Å². The number of amides is 2. The number of benzene rings is 1. The summed E-state index contributed by atoms with van der Waals surface area (Å²) in [4.78, 5) is 31.4. The third kappa shape index (κ3) is 4.58. The number of nitrogens with zero attached hydrogens (tertiary/aromatic N) is 3. The van der Waals surface area contributed by atoms with Crippen LogP contribution in [0.1, 0.15) is 12.8 Å². The lowest BCUT2D eigenvalue weighted by Gasteiger charge is -2.36. The summed E-state index contributed by atoms with van der Waals surface area (Å²) in [6, 6.07) is 7.75. The van der Waals surface area contributed by atoms with E-state index in [9.17, 15) is 9.59 Å². The van der Waals surface area contributed by atoms with Crippen molar-refractivity contribution in [2.24, 2.45) is 5.92 Å². The normalized spacial score (nSPS) is 25.4. The molecule has 2 atom stereocenters. The molecule has 0 bridgehead atoms. The summed E-state index contributed by atoms with van der Waals surface area (Å²) >= 11 is 7.77. The number of rotatable bonds is 4. The third-order valence-corrected chi connectivity index (χ3v) is 7.09. The lowest BCUT2D eigenvalue weighted by Crippen LogP contribution is -2.49. The maximum Gasteiger partial charge on any atom is 0.240 e. The standard InChI is InChI=1S/C20H27ClN4O2S/c21-16-1-3-17(4-2-16)23-5-7-24(8-6-23)19(26)12-15-11-18(22-13-15)20(27)25-9-10-28-14-25/h1-4,15,18,22H,5-14H2/t15?,18-/m0/s1. The van der Waals surface area contributed by atoms with Crippen molar-refractivity contribution in [3.05, 3.63) is 29.3 Å². The fourth-order valence-electron chi connectivity index (χ4n) is 4.20. The van der Waals surface area contributed by atoms with Crippen LogP contribution in [-0.2, 0) is 9.59 Å². The van der Waals surface area contributed by atoms with Gasteiger partial charge in [-0.15, -0.1) is 11.8 Å². The third-order valence-electron chi connectivity index (χ3n) is 5.87. The Morgan fingerprint density at radius 3 is 2.50 bits per heavy atom. The van der Waals surface area contributed by atoms with Gasteiger partial charge in [0.25, 0.3) is 0 Å². The summed E-state index contributed by atoms with van der Waals surface area (Å²) in [7, 11) is 0. The topological polar surface area (TPSA) is 55.9 Å². The molecule has 28 heavy (non-hydrogen) atoms. The van der Waals surface area contributed by atoms with E-state index in [4.69, 9.17) is 11.6 Å². The molecule has 3 aliphatic heterocycles. The van der Waals surface area contributed by atoms with E-state index < -0.39 is 0 Å². The lowest BCUT2D eigenvalue weighted by atomic mass is 10.00. The zero-order chi connectivity index (χ0) is 19.5. The molecule has 1 aromatic carbocycles. The average Bonchev–Trinajstić information content (AvgIpc) is 3.40. The highest BCUT2D eigenvalue weighted by Crippen LogP contribution is 2.24. The van der Waals surface area contributed by atoms with Crippen LogP contribution in [0.3, 0.4) is 0 Å². The second-order valence-corrected chi connectivity index (χ2v) is 9.26. The van der Waals surface area contributed by atoms with Crippen LogP contribution in [0.15, 0.2) is 24.3 Å². The van der Waals surface area contributed by atoms with Gasteiger partial charge in [-0.25, -0.2) is 0 Å². The second kappa shape index (κ2) is 8.93. The van der Waals surface area contributed by atoms with E-state index in [-0.39, 0.29) is 23.8 Å². The number of piperazine rings is 1. The Morgan fingerprint density at radius 1 is 1.07 bits per heavy atom. The van der Waals surface area contributed by atoms with Gasteiger partial charge >= 0.3 is 0 Å². The van der Waals surface area contributed by atoms with Crippen LogP contribution in [0.5, 0.6) is 0 Å². The van der Waals surface area contributed by atoms with E-state index in [0.717, 1.165) is 68.0 Å². The first-order valence-electron chi connectivity index (χ1n) is 9.98. The maximum absolute atomic E-state index is 12.7. The van der Waals surface area contributed by atoms with Crippen molar-refractivity contribution in [1.82, 2.24) is 15.1 Å². The Kier molecular flexibility index (Phi) is 6.33. The summed E-state index contributed by atoms with van der Waals surface area (Å²) in [6.45, 7) is 4.77. The Hall–Kier alpha value is -1.44. The van der Waals surface area contributed by atoms with E-state index in [1.54, 1.807) is 11.8 Å². The molecule has 3 aliphatic rings. The number of carbonyl (C=O) groups is 2. The van der Waals surface area contributed by atoms with Crippen LogP contribution in [0.4, 0.5) is 5.69 Å². The first-order valence-corrected chi connectivity index (χ1v) is 11.5. The lowest BCUT2D eigenvalue weighted by molar-refractivity contribution is -0.133. The number of nitrogens with one attached hydrogen (secondary N) is 1. The van der Waals surface area contributed by atoms with Gasteiger partial charge in [-0.1, -0.05) is 11.6 Å². The molecule has 152 valence electrons.